The zero-order valence-electron chi connectivity index (χ0n) is 29.0. The van der Waals surface area contributed by atoms with Crippen LogP contribution in [-0.4, -0.2) is 29.0 Å². The van der Waals surface area contributed by atoms with Gasteiger partial charge < -0.3 is 20.5 Å². The summed E-state index contributed by atoms with van der Waals surface area (Å²) >= 11 is 0. The first-order chi connectivity index (χ1) is 21.3. The van der Waals surface area contributed by atoms with Crippen LogP contribution in [0.3, 0.4) is 0 Å². The third-order valence-electron chi connectivity index (χ3n) is 14.7. The summed E-state index contributed by atoms with van der Waals surface area (Å²) in [5.41, 5.74) is 0.346. The third kappa shape index (κ3) is 4.71. The minimum absolute atomic E-state index is 0.0135. The van der Waals surface area contributed by atoms with Crippen LogP contribution in [-0.2, 0) is 19.1 Å². The Morgan fingerprint density at radius 3 is 2.35 bits per heavy atom. The van der Waals surface area contributed by atoms with Crippen molar-refractivity contribution in [3.05, 3.63) is 41.1 Å². The standard InChI is InChI=1S/C38H53N2O6/c1-23(41)46-30-13-14-36(6)29(33(30,2)3)12-15-38(8)31(36)28(42)21-26-27-22-35(5,17-16-34(27,4)18-19-37(26,38)7)32(43)39-24-10-9-11-25(20-24)40(44)45/h9-11,20-21,27,29-31,44H,12-19,22H2,1-8H3,(H,39,43)/q-1/t27-,29-,30-,31-,34-,35+,36-,37+,38-/m1/s1. The van der Waals surface area contributed by atoms with Crippen LogP contribution in [0.15, 0.2) is 35.9 Å². The molecular weight excluding hydrogens is 580 g/mol. The second kappa shape index (κ2) is 10.6. The van der Waals surface area contributed by atoms with Gasteiger partial charge in [0.25, 0.3) is 0 Å². The lowest BCUT2D eigenvalue weighted by Crippen LogP contribution is -2.66. The fourth-order valence-corrected chi connectivity index (χ4v) is 11.8. The fourth-order valence-electron chi connectivity index (χ4n) is 11.8. The van der Waals surface area contributed by atoms with Gasteiger partial charge >= 0.3 is 5.97 Å². The molecule has 2 N–H and O–H groups in total. The van der Waals surface area contributed by atoms with E-state index in [1.807, 2.05) is 13.0 Å². The van der Waals surface area contributed by atoms with E-state index < -0.39 is 5.41 Å². The highest BCUT2D eigenvalue weighted by atomic mass is 16.8. The van der Waals surface area contributed by atoms with Gasteiger partial charge in [0.1, 0.15) is 6.10 Å². The lowest BCUT2D eigenvalue weighted by Gasteiger charge is -2.70. The number of allylic oxidation sites excluding steroid dienone is 2. The highest BCUT2D eigenvalue weighted by Crippen LogP contribution is 2.75. The zero-order valence-corrected chi connectivity index (χ0v) is 29.0. The molecule has 0 aliphatic heterocycles. The molecule has 1 amide bonds. The molecule has 4 fully saturated rings. The van der Waals surface area contributed by atoms with Crippen molar-refractivity contribution in [1.82, 2.24) is 0 Å². The molecule has 0 radical (unpaired) electrons. The molecule has 0 bridgehead atoms. The number of ether oxygens (including phenoxy) is 1. The van der Waals surface area contributed by atoms with E-state index in [-0.39, 0.29) is 79.5 Å². The number of hydrogen-bond acceptors (Lipinski definition) is 7. The van der Waals surface area contributed by atoms with Gasteiger partial charge in [-0.25, -0.2) is 0 Å². The number of amides is 1. The van der Waals surface area contributed by atoms with E-state index in [0.717, 1.165) is 51.4 Å². The van der Waals surface area contributed by atoms with Crippen LogP contribution in [0, 0.1) is 55.5 Å². The van der Waals surface area contributed by atoms with Crippen molar-refractivity contribution in [3.8, 4) is 0 Å². The van der Waals surface area contributed by atoms with Gasteiger partial charge in [-0.3, -0.25) is 19.6 Å². The topological polar surface area (TPSA) is 119 Å². The third-order valence-corrected chi connectivity index (χ3v) is 14.7. The quantitative estimate of drug-likeness (QED) is 0.253. The highest BCUT2D eigenvalue weighted by molar-refractivity contribution is 5.97. The summed E-state index contributed by atoms with van der Waals surface area (Å²) in [6.07, 6.45) is 9.90. The van der Waals surface area contributed by atoms with E-state index in [1.54, 1.807) is 12.1 Å². The first-order valence-electron chi connectivity index (χ1n) is 17.3. The second-order valence-electron chi connectivity index (χ2n) is 17.5. The van der Waals surface area contributed by atoms with E-state index in [1.165, 1.54) is 24.6 Å². The number of rotatable bonds is 4. The second-order valence-corrected chi connectivity index (χ2v) is 17.5. The van der Waals surface area contributed by atoms with Gasteiger partial charge in [0, 0.05) is 29.4 Å². The molecule has 0 spiro atoms. The molecule has 8 nitrogen and oxygen atoms in total. The summed E-state index contributed by atoms with van der Waals surface area (Å²) in [4.78, 5) is 40.6. The van der Waals surface area contributed by atoms with Crippen molar-refractivity contribution in [2.75, 3.05) is 10.5 Å². The maximum absolute atomic E-state index is 14.7. The van der Waals surface area contributed by atoms with E-state index in [4.69, 9.17) is 4.74 Å². The molecule has 0 aromatic heterocycles. The molecule has 6 rings (SSSR count). The molecule has 4 saturated carbocycles. The minimum atomic E-state index is -0.654. The van der Waals surface area contributed by atoms with Crippen molar-refractivity contribution >= 4 is 29.0 Å². The predicted octanol–water partition coefficient (Wildman–Crippen LogP) is 8.23. The lowest BCUT2D eigenvalue weighted by atomic mass is 9.33. The first-order valence-corrected chi connectivity index (χ1v) is 17.3. The van der Waals surface area contributed by atoms with Crippen LogP contribution >= 0.6 is 0 Å². The summed E-state index contributed by atoms with van der Waals surface area (Å²) in [6, 6.07) is 6.31. The van der Waals surface area contributed by atoms with E-state index in [9.17, 15) is 24.8 Å². The number of benzene rings is 1. The number of ketones is 1. The average Bonchev–Trinajstić information content (AvgIpc) is 2.96. The highest BCUT2D eigenvalue weighted by Gasteiger charge is 2.70. The summed E-state index contributed by atoms with van der Waals surface area (Å²) in [7, 11) is 0. The molecule has 252 valence electrons. The summed E-state index contributed by atoms with van der Waals surface area (Å²) in [5.74, 6) is 0.190. The molecule has 0 heterocycles. The Labute approximate surface area is 274 Å². The Kier molecular flexibility index (Phi) is 7.68. The molecule has 1 aromatic carbocycles. The van der Waals surface area contributed by atoms with E-state index in [2.05, 4.69) is 46.9 Å². The normalized spacial score (nSPS) is 42.7. The van der Waals surface area contributed by atoms with Crippen LogP contribution in [0.1, 0.15) is 113 Å². The average molecular weight is 634 g/mol. The number of anilines is 2. The molecular formula is C38H53N2O6-. The van der Waals surface area contributed by atoms with Gasteiger partial charge in [-0.05, 0) is 116 Å². The van der Waals surface area contributed by atoms with Crippen LogP contribution in [0.5, 0.6) is 0 Å². The van der Waals surface area contributed by atoms with Crippen LogP contribution in [0.2, 0.25) is 0 Å². The Morgan fingerprint density at radius 1 is 0.978 bits per heavy atom. The molecule has 8 heteroatoms. The SMILES string of the molecule is CC(=O)O[C@@H]1CC[C@]2(C)[C@H](CC[C@]3(C)[C@@H]2C(=O)C=C2[C@H]4C[C@@](C)(C(=O)Nc5cccc(N([O-])O)c5)CC[C@]4(C)CC[C@@]23C)C1(C)C. The Bertz CT molecular complexity index is 1480. The van der Waals surface area contributed by atoms with Gasteiger partial charge in [-0.2, -0.15) is 0 Å². The lowest BCUT2D eigenvalue weighted by molar-refractivity contribution is -0.210. The number of nitrogens with zero attached hydrogens (tertiary/aromatic N) is 1. The largest absolute Gasteiger partial charge is 0.733 e. The van der Waals surface area contributed by atoms with Crippen molar-refractivity contribution in [2.24, 2.45) is 50.2 Å². The van der Waals surface area contributed by atoms with Gasteiger partial charge in [-0.1, -0.05) is 60.1 Å². The number of carbonyl (C=O) groups excluding carboxylic acids is 3. The van der Waals surface area contributed by atoms with Crippen molar-refractivity contribution in [2.45, 2.75) is 119 Å². The molecule has 5 aliphatic carbocycles. The van der Waals surface area contributed by atoms with Gasteiger partial charge in [0.05, 0.1) is 5.69 Å². The van der Waals surface area contributed by atoms with Crippen LogP contribution in [0.4, 0.5) is 11.4 Å². The predicted molar refractivity (Wildman–Crippen MR) is 178 cm³/mol. The number of esters is 1. The Morgan fingerprint density at radius 2 is 1.67 bits per heavy atom. The number of carbonyl (C=O) groups is 3. The van der Waals surface area contributed by atoms with Gasteiger partial charge in [0.2, 0.25) is 5.91 Å². The number of fused-ring (bicyclic) bond motifs is 7. The van der Waals surface area contributed by atoms with Crippen molar-refractivity contribution in [1.29, 1.82) is 0 Å². The van der Waals surface area contributed by atoms with E-state index in [0.29, 0.717) is 12.1 Å². The molecule has 1 aromatic rings. The Balaban J connectivity index is 1.33. The fraction of sp³-hybridized carbons (Fsp3) is 0.711. The number of hydrogen-bond donors (Lipinski definition) is 2. The maximum Gasteiger partial charge on any atom is 0.302 e. The smallest absolute Gasteiger partial charge is 0.302 e. The first kappa shape index (κ1) is 33.2. The number of nitrogens with one attached hydrogen (secondary N) is 1. The molecule has 5 aliphatic rings. The zero-order chi connectivity index (χ0) is 33.7. The molecule has 0 unspecified atom stereocenters. The molecule has 9 atom stereocenters. The van der Waals surface area contributed by atoms with Gasteiger partial charge in [0.15, 0.2) is 5.78 Å². The van der Waals surface area contributed by atoms with Crippen LogP contribution in [0.25, 0.3) is 0 Å². The van der Waals surface area contributed by atoms with Crippen molar-refractivity contribution < 1.29 is 24.3 Å². The minimum Gasteiger partial charge on any atom is -0.733 e. The van der Waals surface area contributed by atoms with Crippen LogP contribution < -0.4 is 10.5 Å². The summed E-state index contributed by atoms with van der Waals surface area (Å²) < 4.78 is 5.86. The van der Waals surface area contributed by atoms with Crippen molar-refractivity contribution in [3.63, 3.8) is 0 Å². The summed E-state index contributed by atoms with van der Waals surface area (Å²) in [5, 5.41) is 23.6. The maximum atomic E-state index is 14.7. The van der Waals surface area contributed by atoms with E-state index >= 15 is 0 Å². The molecule has 46 heavy (non-hydrogen) atoms. The van der Waals surface area contributed by atoms with Gasteiger partial charge in [-0.15, -0.1) is 0 Å². The monoisotopic (exact) mass is 633 g/mol. The summed E-state index contributed by atoms with van der Waals surface area (Å²) in [6.45, 7) is 17.5. The Hall–Kier alpha value is -2.71. The molecule has 0 saturated heterocycles.